The van der Waals surface area contributed by atoms with Crippen molar-refractivity contribution in [3.63, 3.8) is 0 Å². The molecule has 3 amide bonds. The van der Waals surface area contributed by atoms with Gasteiger partial charge in [-0.3, -0.25) is 9.69 Å². The summed E-state index contributed by atoms with van der Waals surface area (Å²) in [5, 5.41) is 0. The fourth-order valence-electron chi connectivity index (χ4n) is 2.95. The van der Waals surface area contributed by atoms with Gasteiger partial charge in [0.15, 0.2) is 0 Å². The van der Waals surface area contributed by atoms with E-state index in [0.717, 1.165) is 5.56 Å². The molecule has 1 aromatic carbocycles. The number of aryl methyl sites for hydroxylation is 1. The van der Waals surface area contributed by atoms with Crippen LogP contribution in [0, 0.1) is 6.92 Å². The molecule has 1 aliphatic heterocycles. The Hall–Kier alpha value is -2.13. The van der Waals surface area contributed by atoms with Gasteiger partial charge in [-0.15, -0.1) is 0 Å². The first kappa shape index (κ1) is 21.2. The minimum Gasteiger partial charge on any atom is -0.325 e. The highest BCUT2D eigenvalue weighted by atomic mass is 32.2. The summed E-state index contributed by atoms with van der Waals surface area (Å²) in [5.41, 5.74) is 0.942. The molecule has 0 atom stereocenters. The minimum absolute atomic E-state index is 0.00560. The highest BCUT2D eigenvalue weighted by Crippen LogP contribution is 2.10. The van der Waals surface area contributed by atoms with E-state index in [-0.39, 0.29) is 17.5 Å². The van der Waals surface area contributed by atoms with Crippen molar-refractivity contribution in [3.8, 4) is 0 Å². The Bertz CT molecular complexity index is 752. The second kappa shape index (κ2) is 9.18. The maximum absolute atomic E-state index is 12.3. The largest absolute Gasteiger partial charge is 0.325 e. The lowest BCUT2D eigenvalue weighted by Crippen LogP contribution is -2.54. The van der Waals surface area contributed by atoms with Crippen LogP contribution in [0.3, 0.4) is 0 Å². The number of rotatable bonds is 6. The van der Waals surface area contributed by atoms with Crippen LogP contribution in [0.1, 0.15) is 19.4 Å². The lowest BCUT2D eigenvalue weighted by Gasteiger charge is -2.36. The zero-order chi connectivity index (χ0) is 20.0. The average Bonchev–Trinajstić information content (AvgIpc) is 2.63. The number of benzene rings is 1. The van der Waals surface area contributed by atoms with Crippen LogP contribution in [0.2, 0.25) is 0 Å². The van der Waals surface area contributed by atoms with E-state index in [0.29, 0.717) is 39.3 Å². The summed E-state index contributed by atoms with van der Waals surface area (Å²) < 4.78 is 26.7. The molecule has 1 heterocycles. The van der Waals surface area contributed by atoms with E-state index in [4.69, 9.17) is 0 Å². The number of piperazine rings is 1. The molecule has 0 radical (unpaired) electrons. The molecule has 0 aliphatic carbocycles. The zero-order valence-electron chi connectivity index (χ0n) is 16.1. The van der Waals surface area contributed by atoms with Gasteiger partial charge < -0.3 is 9.80 Å². The van der Waals surface area contributed by atoms with Crippen molar-refractivity contribution in [2.24, 2.45) is 0 Å². The fourth-order valence-corrected chi connectivity index (χ4v) is 3.93. The van der Waals surface area contributed by atoms with Gasteiger partial charge in [0, 0.05) is 39.3 Å². The van der Waals surface area contributed by atoms with Crippen molar-refractivity contribution < 1.29 is 18.0 Å². The van der Waals surface area contributed by atoms with Crippen LogP contribution in [0.15, 0.2) is 29.2 Å². The molecular formula is C18H28N4O4S. The van der Waals surface area contributed by atoms with Gasteiger partial charge in [-0.05, 0) is 32.9 Å². The number of carbonyl (C=O) groups is 2. The molecule has 150 valence electrons. The summed E-state index contributed by atoms with van der Waals surface area (Å²) in [6.45, 7) is 9.16. The van der Waals surface area contributed by atoms with E-state index in [9.17, 15) is 18.0 Å². The summed E-state index contributed by atoms with van der Waals surface area (Å²) in [5.74, 6) is -0.570. The summed E-state index contributed by atoms with van der Waals surface area (Å²) in [6.07, 6.45) is 0. The van der Waals surface area contributed by atoms with Crippen molar-refractivity contribution in [3.05, 3.63) is 29.8 Å². The Balaban J connectivity index is 1.85. The molecule has 2 rings (SSSR count). The first-order valence-electron chi connectivity index (χ1n) is 9.15. The third-order valence-corrected chi connectivity index (χ3v) is 6.01. The summed E-state index contributed by atoms with van der Waals surface area (Å²) in [7, 11) is -3.87. The van der Waals surface area contributed by atoms with E-state index >= 15 is 0 Å². The first-order valence-corrected chi connectivity index (χ1v) is 10.6. The molecule has 0 spiro atoms. The zero-order valence-corrected chi connectivity index (χ0v) is 17.0. The van der Waals surface area contributed by atoms with Gasteiger partial charge in [-0.25, -0.2) is 17.9 Å². The predicted octanol–water partition coefficient (Wildman–Crippen LogP) is 0.879. The highest BCUT2D eigenvalue weighted by molar-refractivity contribution is 7.90. The van der Waals surface area contributed by atoms with Crippen LogP contribution in [0.25, 0.3) is 0 Å². The SMILES string of the molecule is CCN(CC)C(=O)N1CCN(CC(=O)NS(=O)(=O)c2ccc(C)cc2)CC1. The first-order chi connectivity index (χ1) is 12.8. The summed E-state index contributed by atoms with van der Waals surface area (Å²) >= 11 is 0. The monoisotopic (exact) mass is 396 g/mol. The van der Waals surface area contributed by atoms with Crippen LogP contribution in [0.5, 0.6) is 0 Å². The summed E-state index contributed by atoms with van der Waals surface area (Å²) in [4.78, 5) is 29.9. The molecule has 1 N–H and O–H groups in total. The number of nitrogens with zero attached hydrogens (tertiary/aromatic N) is 3. The third-order valence-electron chi connectivity index (χ3n) is 4.62. The molecular weight excluding hydrogens is 368 g/mol. The van der Waals surface area contributed by atoms with E-state index in [1.807, 2.05) is 25.7 Å². The lowest BCUT2D eigenvalue weighted by atomic mass is 10.2. The third kappa shape index (κ3) is 5.67. The van der Waals surface area contributed by atoms with Gasteiger partial charge in [0.05, 0.1) is 11.4 Å². The molecule has 1 aliphatic rings. The molecule has 27 heavy (non-hydrogen) atoms. The summed E-state index contributed by atoms with van der Waals surface area (Å²) in [6, 6.07) is 6.33. The second-order valence-corrected chi connectivity index (χ2v) is 8.24. The van der Waals surface area contributed by atoms with Crippen LogP contribution in [-0.2, 0) is 14.8 Å². The number of hydrogen-bond acceptors (Lipinski definition) is 5. The maximum atomic E-state index is 12.3. The Kier molecular flexibility index (Phi) is 7.20. The molecule has 1 aromatic rings. The van der Waals surface area contributed by atoms with Gasteiger partial charge in [-0.1, -0.05) is 17.7 Å². The standard InChI is InChI=1S/C18H28N4O4S/c1-4-21(5-2)18(24)22-12-10-20(11-13-22)14-17(23)19-27(25,26)16-8-6-15(3)7-9-16/h6-9H,4-5,10-14H2,1-3H3,(H,19,23). The smallest absolute Gasteiger partial charge is 0.320 e. The van der Waals surface area contributed by atoms with Gasteiger partial charge in [0.1, 0.15) is 0 Å². The Morgan fingerprint density at radius 3 is 2.11 bits per heavy atom. The van der Waals surface area contributed by atoms with Crippen molar-refractivity contribution in [1.82, 2.24) is 19.4 Å². The average molecular weight is 397 g/mol. The quantitative estimate of drug-likeness (QED) is 0.771. The number of urea groups is 1. The topological polar surface area (TPSA) is 90.0 Å². The molecule has 8 nitrogen and oxygen atoms in total. The number of nitrogens with one attached hydrogen (secondary N) is 1. The highest BCUT2D eigenvalue weighted by Gasteiger charge is 2.26. The van der Waals surface area contributed by atoms with E-state index in [1.54, 1.807) is 21.9 Å². The Morgan fingerprint density at radius 2 is 1.59 bits per heavy atom. The maximum Gasteiger partial charge on any atom is 0.320 e. The van der Waals surface area contributed by atoms with Crippen LogP contribution in [0.4, 0.5) is 4.79 Å². The van der Waals surface area contributed by atoms with Crippen LogP contribution in [-0.4, -0.2) is 80.9 Å². The number of amides is 3. The second-order valence-electron chi connectivity index (χ2n) is 6.56. The molecule has 0 aromatic heterocycles. The molecule has 0 unspecified atom stereocenters. The molecule has 1 saturated heterocycles. The van der Waals surface area contributed by atoms with Crippen molar-refractivity contribution in [1.29, 1.82) is 0 Å². The van der Waals surface area contributed by atoms with Crippen molar-refractivity contribution in [2.45, 2.75) is 25.7 Å². The van der Waals surface area contributed by atoms with E-state index in [1.165, 1.54) is 12.1 Å². The van der Waals surface area contributed by atoms with Crippen LogP contribution >= 0.6 is 0 Å². The van der Waals surface area contributed by atoms with Gasteiger partial charge in [0.2, 0.25) is 5.91 Å². The van der Waals surface area contributed by atoms with Gasteiger partial charge in [-0.2, -0.15) is 0 Å². The Morgan fingerprint density at radius 1 is 1.04 bits per heavy atom. The molecule has 0 bridgehead atoms. The van der Waals surface area contributed by atoms with Gasteiger partial charge >= 0.3 is 6.03 Å². The number of carbonyl (C=O) groups excluding carboxylic acids is 2. The lowest BCUT2D eigenvalue weighted by molar-refractivity contribution is -0.120. The molecule has 0 saturated carbocycles. The van der Waals surface area contributed by atoms with E-state index in [2.05, 4.69) is 4.72 Å². The molecule has 1 fully saturated rings. The predicted molar refractivity (Wildman–Crippen MR) is 103 cm³/mol. The number of sulfonamides is 1. The van der Waals surface area contributed by atoms with Crippen molar-refractivity contribution in [2.75, 3.05) is 45.8 Å². The van der Waals surface area contributed by atoms with Gasteiger partial charge in [0.25, 0.3) is 10.0 Å². The normalized spacial score (nSPS) is 15.4. The number of hydrogen-bond donors (Lipinski definition) is 1. The minimum atomic E-state index is -3.87. The fraction of sp³-hybridized carbons (Fsp3) is 0.556. The van der Waals surface area contributed by atoms with Crippen LogP contribution < -0.4 is 4.72 Å². The Labute approximate surface area is 161 Å². The van der Waals surface area contributed by atoms with E-state index < -0.39 is 15.9 Å². The molecule has 9 heteroatoms. The van der Waals surface area contributed by atoms with Crippen molar-refractivity contribution >= 4 is 22.0 Å².